The maximum Gasteiger partial charge on any atom is 0.189 e. The normalized spacial score (nSPS) is 25.9. The summed E-state index contributed by atoms with van der Waals surface area (Å²) in [5.74, 6) is -1.12. The van der Waals surface area contributed by atoms with E-state index in [2.05, 4.69) is 4.99 Å². The highest BCUT2D eigenvalue weighted by Gasteiger charge is 2.28. The van der Waals surface area contributed by atoms with E-state index < -0.39 is 17.8 Å². The van der Waals surface area contributed by atoms with Crippen LogP contribution in [0.4, 0.5) is 8.78 Å². The van der Waals surface area contributed by atoms with Gasteiger partial charge in [0.25, 0.3) is 0 Å². The molecular weight excluding hydrogens is 188 g/mol. The molecule has 0 saturated heterocycles. The van der Waals surface area contributed by atoms with Crippen molar-refractivity contribution in [2.75, 3.05) is 0 Å². The van der Waals surface area contributed by atoms with Gasteiger partial charge in [-0.1, -0.05) is 0 Å². The van der Waals surface area contributed by atoms with E-state index in [-0.39, 0.29) is 11.3 Å². The molecule has 0 fully saturated rings. The van der Waals surface area contributed by atoms with Gasteiger partial charge in [-0.15, -0.1) is 0 Å². The lowest BCUT2D eigenvalue weighted by atomic mass is 9.94. The fraction of sp³-hybridized carbons (Fsp3) is 0.200. The van der Waals surface area contributed by atoms with Gasteiger partial charge in [0.2, 0.25) is 0 Å². The second-order valence-corrected chi connectivity index (χ2v) is 3.16. The molecular formula is C10H7F2NO. The molecule has 0 bridgehead atoms. The molecule has 1 aliphatic carbocycles. The molecule has 0 N–H and O–H groups in total. The van der Waals surface area contributed by atoms with Crippen molar-refractivity contribution >= 4 is 11.5 Å². The Hall–Kier alpha value is -1.58. The lowest BCUT2D eigenvalue weighted by molar-refractivity contribution is -0.111. The summed E-state index contributed by atoms with van der Waals surface area (Å²) >= 11 is 0. The standard InChI is InChI=1S/C10H7F2NO/c1-5-2-9(14)7-3-6(11)4-8(12)10(7)13-5/h2-4,8H,1H3. The SMILES string of the molecule is CC1=CC(=O)C2=CC(F)=CC(F)C2=N1. The van der Waals surface area contributed by atoms with Crippen molar-refractivity contribution in [1.82, 2.24) is 0 Å². The molecule has 0 amide bonds. The van der Waals surface area contributed by atoms with E-state index >= 15 is 0 Å². The van der Waals surface area contributed by atoms with Gasteiger partial charge in [0, 0.05) is 17.3 Å². The van der Waals surface area contributed by atoms with Crippen LogP contribution in [0, 0.1) is 0 Å². The van der Waals surface area contributed by atoms with Crippen molar-refractivity contribution in [3.05, 3.63) is 35.3 Å². The predicted octanol–water partition coefficient (Wildman–Crippen LogP) is 2.05. The zero-order valence-corrected chi connectivity index (χ0v) is 7.42. The Kier molecular flexibility index (Phi) is 1.91. The minimum atomic E-state index is -1.62. The third-order valence-electron chi connectivity index (χ3n) is 2.03. The van der Waals surface area contributed by atoms with Crippen LogP contribution in [0.1, 0.15) is 6.92 Å². The van der Waals surface area contributed by atoms with Crippen molar-refractivity contribution < 1.29 is 13.6 Å². The van der Waals surface area contributed by atoms with Gasteiger partial charge >= 0.3 is 0 Å². The zero-order chi connectivity index (χ0) is 10.3. The second kappa shape index (κ2) is 2.97. The summed E-state index contributed by atoms with van der Waals surface area (Å²) in [6, 6.07) is 0. The second-order valence-electron chi connectivity index (χ2n) is 3.16. The molecule has 72 valence electrons. The highest BCUT2D eigenvalue weighted by molar-refractivity contribution is 6.30. The summed E-state index contributed by atoms with van der Waals surface area (Å²) in [5, 5.41) is 0. The largest absolute Gasteiger partial charge is 0.289 e. The minimum absolute atomic E-state index is 0.0106. The molecule has 14 heavy (non-hydrogen) atoms. The molecule has 2 rings (SSSR count). The van der Waals surface area contributed by atoms with Crippen LogP contribution in [-0.4, -0.2) is 17.7 Å². The number of ketones is 1. The maximum atomic E-state index is 13.2. The van der Waals surface area contributed by atoms with Gasteiger partial charge in [-0.3, -0.25) is 9.79 Å². The summed E-state index contributed by atoms with van der Waals surface area (Å²) in [7, 11) is 0. The minimum Gasteiger partial charge on any atom is -0.289 e. The molecule has 0 aromatic carbocycles. The molecule has 1 aliphatic heterocycles. The monoisotopic (exact) mass is 195 g/mol. The number of allylic oxidation sites excluding steroid dienone is 6. The molecule has 0 radical (unpaired) electrons. The number of halogens is 2. The molecule has 2 aliphatic rings. The van der Waals surface area contributed by atoms with Crippen LogP contribution in [-0.2, 0) is 4.79 Å². The van der Waals surface area contributed by atoms with Gasteiger partial charge < -0.3 is 0 Å². The number of alkyl halides is 1. The van der Waals surface area contributed by atoms with Crippen LogP contribution in [0.25, 0.3) is 0 Å². The lowest BCUT2D eigenvalue weighted by Crippen LogP contribution is -2.26. The van der Waals surface area contributed by atoms with Gasteiger partial charge in [-0.05, 0) is 19.1 Å². The van der Waals surface area contributed by atoms with E-state index in [1.807, 2.05) is 0 Å². The summed E-state index contributed by atoms with van der Waals surface area (Å²) in [6.45, 7) is 1.60. The summed E-state index contributed by atoms with van der Waals surface area (Å²) in [4.78, 5) is 15.2. The topological polar surface area (TPSA) is 29.4 Å². The summed E-state index contributed by atoms with van der Waals surface area (Å²) in [5.41, 5.74) is 0.472. The molecule has 1 unspecified atom stereocenters. The molecule has 1 heterocycles. The fourth-order valence-electron chi connectivity index (χ4n) is 1.44. The van der Waals surface area contributed by atoms with Gasteiger partial charge in [-0.25, -0.2) is 8.78 Å². The van der Waals surface area contributed by atoms with Crippen molar-refractivity contribution in [1.29, 1.82) is 0 Å². The summed E-state index contributed by atoms with van der Waals surface area (Å²) < 4.78 is 26.0. The number of hydrogen-bond acceptors (Lipinski definition) is 2. The third kappa shape index (κ3) is 1.32. The predicted molar refractivity (Wildman–Crippen MR) is 48.4 cm³/mol. The van der Waals surface area contributed by atoms with E-state index in [0.717, 1.165) is 12.2 Å². The number of nitrogens with zero attached hydrogens (tertiary/aromatic N) is 1. The smallest absolute Gasteiger partial charge is 0.189 e. The van der Waals surface area contributed by atoms with Crippen LogP contribution in [0.2, 0.25) is 0 Å². The molecule has 4 heteroatoms. The first-order chi connectivity index (χ1) is 6.58. The van der Waals surface area contributed by atoms with Crippen LogP contribution in [0.15, 0.2) is 40.3 Å². The highest BCUT2D eigenvalue weighted by atomic mass is 19.1. The number of fused-ring (bicyclic) bond motifs is 1. The first-order valence-electron chi connectivity index (χ1n) is 4.12. The van der Waals surface area contributed by atoms with Crippen molar-refractivity contribution in [3.63, 3.8) is 0 Å². The lowest BCUT2D eigenvalue weighted by Gasteiger charge is -2.17. The molecule has 0 aromatic heterocycles. The number of aliphatic imine (C=N–C) groups is 1. The molecule has 0 spiro atoms. The van der Waals surface area contributed by atoms with Crippen LogP contribution in [0.3, 0.4) is 0 Å². The van der Waals surface area contributed by atoms with E-state index in [1.165, 1.54) is 6.08 Å². The van der Waals surface area contributed by atoms with Crippen LogP contribution in [0.5, 0.6) is 0 Å². The van der Waals surface area contributed by atoms with Crippen molar-refractivity contribution in [3.8, 4) is 0 Å². The molecule has 0 aromatic rings. The first-order valence-corrected chi connectivity index (χ1v) is 4.12. The van der Waals surface area contributed by atoms with E-state index in [0.29, 0.717) is 5.70 Å². The fourth-order valence-corrected chi connectivity index (χ4v) is 1.44. The number of carbonyl (C=O) groups excluding carboxylic acids is 1. The summed E-state index contributed by atoms with van der Waals surface area (Å²) in [6.07, 6.45) is 1.46. The van der Waals surface area contributed by atoms with Crippen molar-refractivity contribution in [2.24, 2.45) is 4.99 Å². The third-order valence-corrected chi connectivity index (χ3v) is 2.03. The molecule has 1 atom stereocenters. The van der Waals surface area contributed by atoms with Gasteiger partial charge in [0.1, 0.15) is 5.83 Å². The Balaban J connectivity index is 2.54. The maximum absolute atomic E-state index is 13.2. The number of carbonyl (C=O) groups is 1. The zero-order valence-electron chi connectivity index (χ0n) is 7.42. The van der Waals surface area contributed by atoms with Crippen molar-refractivity contribution in [2.45, 2.75) is 13.1 Å². The van der Waals surface area contributed by atoms with E-state index in [1.54, 1.807) is 6.92 Å². The average molecular weight is 195 g/mol. The Morgan fingerprint density at radius 3 is 2.86 bits per heavy atom. The van der Waals surface area contributed by atoms with Crippen LogP contribution < -0.4 is 0 Å². The number of rotatable bonds is 0. The first kappa shape index (κ1) is 8.99. The Morgan fingerprint density at radius 2 is 2.14 bits per heavy atom. The highest BCUT2D eigenvalue weighted by Crippen LogP contribution is 2.24. The molecule has 2 nitrogen and oxygen atoms in total. The Labute approximate surface area is 79.3 Å². The van der Waals surface area contributed by atoms with Gasteiger partial charge in [0.15, 0.2) is 12.0 Å². The number of hydrogen-bond donors (Lipinski definition) is 0. The van der Waals surface area contributed by atoms with Crippen LogP contribution >= 0.6 is 0 Å². The van der Waals surface area contributed by atoms with E-state index in [4.69, 9.17) is 0 Å². The van der Waals surface area contributed by atoms with E-state index in [9.17, 15) is 13.6 Å². The quantitative estimate of drug-likeness (QED) is 0.581. The molecule has 0 saturated carbocycles. The average Bonchev–Trinajstić information content (AvgIpc) is 2.07. The Morgan fingerprint density at radius 1 is 1.43 bits per heavy atom. The van der Waals surface area contributed by atoms with Gasteiger partial charge in [0.05, 0.1) is 5.71 Å². The Bertz CT molecular complexity index is 429. The van der Waals surface area contributed by atoms with Gasteiger partial charge in [-0.2, -0.15) is 0 Å².